The van der Waals surface area contributed by atoms with Gasteiger partial charge in [0.2, 0.25) is 0 Å². The monoisotopic (exact) mass is 150 g/mol. The van der Waals surface area contributed by atoms with Crippen molar-refractivity contribution >= 4 is 0 Å². The molecule has 0 aromatic rings. The molecule has 0 atom stereocenters. The molecule has 10 heavy (non-hydrogen) atoms. The van der Waals surface area contributed by atoms with E-state index in [0.717, 1.165) is 0 Å². The van der Waals surface area contributed by atoms with Crippen LogP contribution in [0.1, 0.15) is 0 Å². The standard InChI is InChI=1S/C2H6N4O4/c3-1(4)2(5(7)8)6(9)10/h1-2H,3-4H2. The normalized spacial score (nSPS) is 10.4. The van der Waals surface area contributed by atoms with Gasteiger partial charge < -0.3 is 11.5 Å². The third-order valence-electron chi connectivity index (χ3n) is 0.776. The lowest BCUT2D eigenvalue weighted by atomic mass is 10.4. The molecule has 0 saturated heterocycles. The van der Waals surface area contributed by atoms with Gasteiger partial charge in [-0.1, -0.05) is 0 Å². The maximum Gasteiger partial charge on any atom is 0.477 e. The van der Waals surface area contributed by atoms with Crippen molar-refractivity contribution in [3.63, 3.8) is 0 Å². The lowest BCUT2D eigenvalue weighted by Gasteiger charge is -2.03. The average molecular weight is 150 g/mol. The van der Waals surface area contributed by atoms with E-state index in [-0.39, 0.29) is 0 Å². The number of rotatable bonds is 3. The third-order valence-corrected chi connectivity index (χ3v) is 0.776. The van der Waals surface area contributed by atoms with E-state index in [4.69, 9.17) is 11.5 Å². The summed E-state index contributed by atoms with van der Waals surface area (Å²) < 4.78 is 0. The fraction of sp³-hybridized carbons (Fsp3) is 1.00. The van der Waals surface area contributed by atoms with Crippen molar-refractivity contribution in [1.29, 1.82) is 0 Å². The van der Waals surface area contributed by atoms with Crippen LogP contribution in [-0.4, -0.2) is 22.2 Å². The van der Waals surface area contributed by atoms with E-state index in [1.54, 1.807) is 0 Å². The molecular formula is C2H6N4O4. The van der Waals surface area contributed by atoms with Crippen molar-refractivity contribution in [3.05, 3.63) is 20.2 Å². The van der Waals surface area contributed by atoms with Crippen molar-refractivity contribution in [2.45, 2.75) is 12.3 Å². The van der Waals surface area contributed by atoms with E-state index < -0.39 is 22.2 Å². The summed E-state index contributed by atoms with van der Waals surface area (Å²) in [5.41, 5.74) is 9.47. The highest BCUT2D eigenvalue weighted by Crippen LogP contribution is 1.90. The SMILES string of the molecule is NC(N)C([N+](=O)[O-])[N+](=O)[O-]. The smallest absolute Gasteiger partial charge is 0.304 e. The van der Waals surface area contributed by atoms with Crippen LogP contribution >= 0.6 is 0 Å². The van der Waals surface area contributed by atoms with Gasteiger partial charge in [0.1, 0.15) is 0 Å². The summed E-state index contributed by atoms with van der Waals surface area (Å²) in [5, 5.41) is 19.6. The molecule has 0 bridgehead atoms. The minimum Gasteiger partial charge on any atom is -0.304 e. The molecule has 0 aromatic heterocycles. The average Bonchev–Trinajstić information content (AvgIpc) is 1.59. The molecule has 0 amide bonds. The van der Waals surface area contributed by atoms with Crippen LogP contribution in [0.15, 0.2) is 0 Å². The van der Waals surface area contributed by atoms with E-state index in [9.17, 15) is 20.2 Å². The van der Waals surface area contributed by atoms with Crippen molar-refractivity contribution in [1.82, 2.24) is 0 Å². The Morgan fingerprint density at radius 3 is 1.40 bits per heavy atom. The first kappa shape index (κ1) is 8.72. The van der Waals surface area contributed by atoms with Gasteiger partial charge in [0.15, 0.2) is 6.17 Å². The van der Waals surface area contributed by atoms with Crippen molar-refractivity contribution in [3.8, 4) is 0 Å². The summed E-state index contributed by atoms with van der Waals surface area (Å²) in [5.74, 6) is 0. The molecule has 0 rings (SSSR count). The summed E-state index contributed by atoms with van der Waals surface area (Å²) in [7, 11) is 0. The van der Waals surface area contributed by atoms with Gasteiger partial charge in [0.25, 0.3) is 0 Å². The van der Waals surface area contributed by atoms with Gasteiger partial charge in [-0.3, -0.25) is 20.2 Å². The first-order chi connectivity index (χ1) is 4.46. The first-order valence-corrected chi connectivity index (χ1v) is 2.25. The maximum absolute atomic E-state index is 9.79. The Bertz CT molecular complexity index is 141. The minimum absolute atomic E-state index is 1.13. The highest BCUT2D eigenvalue weighted by atomic mass is 16.7. The van der Waals surface area contributed by atoms with Crippen LogP contribution in [0.25, 0.3) is 0 Å². The Morgan fingerprint density at radius 1 is 1.10 bits per heavy atom. The highest BCUT2D eigenvalue weighted by Gasteiger charge is 2.37. The van der Waals surface area contributed by atoms with Crippen molar-refractivity contribution in [2.24, 2.45) is 11.5 Å². The fourth-order valence-corrected chi connectivity index (χ4v) is 0.358. The van der Waals surface area contributed by atoms with Gasteiger partial charge in [-0.15, -0.1) is 0 Å². The summed E-state index contributed by atoms with van der Waals surface area (Å²) >= 11 is 0. The van der Waals surface area contributed by atoms with Crippen LogP contribution in [0.3, 0.4) is 0 Å². The quantitative estimate of drug-likeness (QED) is 0.274. The van der Waals surface area contributed by atoms with E-state index in [2.05, 4.69) is 0 Å². The van der Waals surface area contributed by atoms with E-state index in [1.807, 2.05) is 0 Å². The van der Waals surface area contributed by atoms with Crippen LogP contribution in [0, 0.1) is 20.2 Å². The second kappa shape index (κ2) is 3.03. The second-order valence-corrected chi connectivity index (χ2v) is 1.56. The third kappa shape index (κ3) is 1.91. The molecule has 8 nitrogen and oxygen atoms in total. The summed E-state index contributed by atoms with van der Waals surface area (Å²) in [6, 6.07) is 0. The fourth-order valence-electron chi connectivity index (χ4n) is 0.358. The first-order valence-electron chi connectivity index (χ1n) is 2.25. The lowest BCUT2D eigenvalue weighted by Crippen LogP contribution is -2.51. The van der Waals surface area contributed by atoms with Crippen LogP contribution in [0.5, 0.6) is 0 Å². The largest absolute Gasteiger partial charge is 0.477 e. The Balaban J connectivity index is 4.27. The molecule has 0 radical (unpaired) electrons. The zero-order chi connectivity index (χ0) is 8.31. The van der Waals surface area contributed by atoms with Crippen LogP contribution in [0.4, 0.5) is 0 Å². The minimum atomic E-state index is -2.11. The number of hydrogen-bond donors (Lipinski definition) is 2. The molecule has 0 aliphatic heterocycles. The zero-order valence-electron chi connectivity index (χ0n) is 4.84. The van der Waals surface area contributed by atoms with Gasteiger partial charge in [-0.25, -0.2) is 0 Å². The molecule has 0 saturated carbocycles. The van der Waals surface area contributed by atoms with E-state index >= 15 is 0 Å². The van der Waals surface area contributed by atoms with Crippen LogP contribution in [0.2, 0.25) is 0 Å². The molecule has 0 aromatic carbocycles. The van der Waals surface area contributed by atoms with Gasteiger partial charge in [-0.2, -0.15) is 0 Å². The van der Waals surface area contributed by atoms with Gasteiger partial charge >= 0.3 is 6.17 Å². The zero-order valence-corrected chi connectivity index (χ0v) is 4.84. The molecule has 4 N–H and O–H groups in total. The molecule has 0 aliphatic rings. The Morgan fingerprint density at radius 2 is 1.40 bits per heavy atom. The van der Waals surface area contributed by atoms with Gasteiger partial charge in [0, 0.05) is 0 Å². The summed E-state index contributed by atoms with van der Waals surface area (Å²) in [6.07, 6.45) is -3.68. The summed E-state index contributed by atoms with van der Waals surface area (Å²) in [6.45, 7) is 0. The molecule has 0 fully saturated rings. The molecular weight excluding hydrogens is 144 g/mol. The van der Waals surface area contributed by atoms with E-state index in [1.165, 1.54) is 0 Å². The predicted octanol–water partition coefficient (Wildman–Crippen LogP) is -1.89. The lowest BCUT2D eigenvalue weighted by molar-refractivity contribution is -0.744. The molecule has 0 heterocycles. The van der Waals surface area contributed by atoms with Crippen molar-refractivity contribution in [2.75, 3.05) is 0 Å². The van der Waals surface area contributed by atoms with Crippen LogP contribution in [-0.2, 0) is 0 Å². The number of hydrogen-bond acceptors (Lipinski definition) is 6. The van der Waals surface area contributed by atoms with E-state index in [0.29, 0.717) is 0 Å². The van der Waals surface area contributed by atoms with Crippen LogP contribution < -0.4 is 11.5 Å². The Hall–Kier alpha value is -1.28. The maximum atomic E-state index is 9.79. The topological polar surface area (TPSA) is 138 Å². The molecule has 0 aliphatic carbocycles. The van der Waals surface area contributed by atoms with Gasteiger partial charge in [0.05, 0.1) is 9.85 Å². The Kier molecular flexibility index (Phi) is 2.65. The molecule has 0 spiro atoms. The number of nitrogens with zero attached hydrogens (tertiary/aromatic N) is 2. The molecule has 8 heteroatoms. The Labute approximate surface area is 55.1 Å². The highest BCUT2D eigenvalue weighted by molar-refractivity contribution is 4.52. The molecule has 0 unspecified atom stereocenters. The number of nitrogens with two attached hydrogens (primary N) is 2. The number of nitro groups is 2. The summed E-state index contributed by atoms with van der Waals surface area (Å²) in [4.78, 5) is 17.3. The van der Waals surface area contributed by atoms with Crippen molar-refractivity contribution < 1.29 is 9.85 Å². The molecule has 58 valence electrons. The predicted molar refractivity (Wildman–Crippen MR) is 29.9 cm³/mol. The van der Waals surface area contributed by atoms with Gasteiger partial charge in [-0.05, 0) is 0 Å². The second-order valence-electron chi connectivity index (χ2n) is 1.56.